The summed E-state index contributed by atoms with van der Waals surface area (Å²) in [5, 5.41) is 9.95. The first-order chi connectivity index (χ1) is 3.68. The van der Waals surface area contributed by atoms with Crippen molar-refractivity contribution in [2.45, 2.75) is 6.92 Å². The molecule has 0 aliphatic heterocycles. The van der Waals surface area contributed by atoms with Crippen molar-refractivity contribution in [3.8, 4) is 0 Å². The van der Waals surface area contributed by atoms with Crippen LogP contribution in [0.1, 0.15) is 6.92 Å². The summed E-state index contributed by atoms with van der Waals surface area (Å²) in [5.74, 6) is -1.67. The summed E-state index contributed by atoms with van der Waals surface area (Å²) < 4.78 is 4.25. The van der Waals surface area contributed by atoms with Crippen LogP contribution < -0.4 is 34.7 Å². The van der Waals surface area contributed by atoms with Crippen LogP contribution in [-0.2, 0) is 9.53 Å². The zero-order chi connectivity index (χ0) is 6.57. The number of carbonyl (C=O) groups excluding carboxylic acids is 1. The number of hydrogen-bond acceptors (Lipinski definition) is 3. The van der Waals surface area contributed by atoms with E-state index in [9.17, 15) is 9.90 Å². The van der Waals surface area contributed by atoms with Gasteiger partial charge in [0.15, 0.2) is 0 Å². The van der Waals surface area contributed by atoms with Crippen molar-refractivity contribution in [2.75, 3.05) is 6.61 Å². The van der Waals surface area contributed by atoms with Crippen LogP contribution in [0.5, 0.6) is 0 Å². The van der Waals surface area contributed by atoms with Gasteiger partial charge in [0.05, 0.1) is 6.61 Å². The van der Waals surface area contributed by atoms with Crippen LogP contribution in [0, 0.1) is 0 Å². The number of hydrogen-bond donors (Lipinski definition) is 0. The van der Waals surface area contributed by atoms with Crippen LogP contribution >= 0.6 is 0 Å². The summed E-state index contributed by atoms with van der Waals surface area (Å²) >= 11 is 0. The van der Waals surface area contributed by atoms with E-state index in [1.54, 1.807) is 6.92 Å². The standard InChI is InChI=1S/C5H8O3.Na/c1-3-8-5(7)4(2)6;/h6H,2-3H2,1H3;/q;+1/p-1. The molecule has 0 radical (unpaired) electrons. The summed E-state index contributed by atoms with van der Waals surface area (Å²) in [6.07, 6.45) is 0. The maximum Gasteiger partial charge on any atom is 1.00 e. The molecule has 3 nitrogen and oxygen atoms in total. The summed E-state index contributed by atoms with van der Waals surface area (Å²) in [5.41, 5.74) is 0. The van der Waals surface area contributed by atoms with Crippen molar-refractivity contribution >= 4 is 5.97 Å². The Morgan fingerprint density at radius 1 is 1.78 bits per heavy atom. The minimum atomic E-state index is -0.868. The van der Waals surface area contributed by atoms with Crippen molar-refractivity contribution in [1.29, 1.82) is 0 Å². The molecule has 9 heavy (non-hydrogen) atoms. The molecule has 0 rings (SSSR count). The van der Waals surface area contributed by atoms with E-state index < -0.39 is 11.7 Å². The molecule has 0 aromatic carbocycles. The average molecular weight is 138 g/mol. The molecule has 4 heteroatoms. The van der Waals surface area contributed by atoms with Crippen molar-refractivity contribution in [2.24, 2.45) is 0 Å². The van der Waals surface area contributed by atoms with Gasteiger partial charge < -0.3 is 9.84 Å². The largest absolute Gasteiger partial charge is 1.00 e. The van der Waals surface area contributed by atoms with Gasteiger partial charge in [-0.25, -0.2) is 4.79 Å². The number of esters is 1. The Labute approximate surface area is 76.0 Å². The molecule has 0 aliphatic carbocycles. The molecule has 0 bridgehead atoms. The molecular formula is C5H7NaO3. The fourth-order valence-corrected chi connectivity index (χ4v) is 0.212. The van der Waals surface area contributed by atoms with Gasteiger partial charge >= 0.3 is 35.5 Å². The van der Waals surface area contributed by atoms with Crippen LogP contribution in [0.15, 0.2) is 12.3 Å². The molecule has 46 valence electrons. The van der Waals surface area contributed by atoms with Gasteiger partial charge in [0.2, 0.25) is 0 Å². The smallest absolute Gasteiger partial charge is 0.868 e. The van der Waals surface area contributed by atoms with Gasteiger partial charge in [-0.1, -0.05) is 6.58 Å². The normalized spacial score (nSPS) is 7.22. The molecule has 0 saturated heterocycles. The Hall–Kier alpha value is 0.0100. The minimum Gasteiger partial charge on any atom is -0.868 e. The van der Waals surface area contributed by atoms with E-state index in [2.05, 4.69) is 11.3 Å². The van der Waals surface area contributed by atoms with E-state index in [0.717, 1.165) is 0 Å². The Morgan fingerprint density at radius 2 is 2.22 bits per heavy atom. The van der Waals surface area contributed by atoms with E-state index in [0.29, 0.717) is 0 Å². The Morgan fingerprint density at radius 3 is 2.33 bits per heavy atom. The Kier molecular flexibility index (Phi) is 8.02. The van der Waals surface area contributed by atoms with Gasteiger partial charge in [-0.05, 0) is 12.7 Å². The monoisotopic (exact) mass is 138 g/mol. The summed E-state index contributed by atoms with van der Waals surface area (Å²) in [4.78, 5) is 10.1. The fourth-order valence-electron chi connectivity index (χ4n) is 0.212. The van der Waals surface area contributed by atoms with Crippen molar-refractivity contribution in [3.05, 3.63) is 12.3 Å². The predicted octanol–water partition coefficient (Wildman–Crippen LogP) is -3.57. The predicted molar refractivity (Wildman–Crippen MR) is 25.8 cm³/mol. The Balaban J connectivity index is 0. The van der Waals surface area contributed by atoms with Crippen molar-refractivity contribution in [3.63, 3.8) is 0 Å². The third kappa shape index (κ3) is 5.89. The molecule has 0 N–H and O–H groups in total. The molecule has 0 spiro atoms. The third-order valence-electron chi connectivity index (χ3n) is 0.503. The first kappa shape index (κ1) is 11.8. The molecule has 0 heterocycles. The van der Waals surface area contributed by atoms with Crippen LogP contribution in [0.25, 0.3) is 0 Å². The second-order valence-corrected chi connectivity index (χ2v) is 1.14. The topological polar surface area (TPSA) is 49.4 Å². The van der Waals surface area contributed by atoms with Gasteiger partial charge in [0.25, 0.3) is 0 Å². The Bertz CT molecular complexity index is 111. The SMILES string of the molecule is C=C([O-])C(=O)OCC.[Na+]. The second-order valence-electron chi connectivity index (χ2n) is 1.14. The summed E-state index contributed by atoms with van der Waals surface area (Å²) in [6, 6.07) is 0. The second kappa shape index (κ2) is 6.13. The molecule has 0 unspecified atom stereocenters. The van der Waals surface area contributed by atoms with Gasteiger partial charge in [0, 0.05) is 0 Å². The number of carbonyl (C=O) groups is 1. The van der Waals surface area contributed by atoms with Gasteiger partial charge in [-0.3, -0.25) is 0 Å². The van der Waals surface area contributed by atoms with Crippen molar-refractivity contribution < 1.29 is 44.2 Å². The first-order valence-electron chi connectivity index (χ1n) is 2.21. The molecule has 0 atom stereocenters. The molecule has 0 amide bonds. The van der Waals surface area contributed by atoms with E-state index >= 15 is 0 Å². The minimum absolute atomic E-state index is 0. The first-order valence-corrected chi connectivity index (χ1v) is 2.21. The molecule has 0 aliphatic rings. The van der Waals surface area contributed by atoms with Crippen molar-refractivity contribution in [1.82, 2.24) is 0 Å². The van der Waals surface area contributed by atoms with E-state index in [1.165, 1.54) is 0 Å². The van der Waals surface area contributed by atoms with Gasteiger partial charge in [0.1, 0.15) is 0 Å². The molecule has 0 aromatic rings. The van der Waals surface area contributed by atoms with Gasteiger partial charge in [-0.2, -0.15) is 0 Å². The molecule has 0 fully saturated rings. The van der Waals surface area contributed by atoms with E-state index in [1.807, 2.05) is 0 Å². The average Bonchev–Trinajstić information content (AvgIpc) is 1.67. The molecule has 0 aromatic heterocycles. The third-order valence-corrected chi connectivity index (χ3v) is 0.503. The summed E-state index contributed by atoms with van der Waals surface area (Å²) in [7, 11) is 0. The zero-order valence-corrected chi connectivity index (χ0v) is 7.64. The molecule has 0 saturated carbocycles. The number of ether oxygens (including phenoxy) is 1. The van der Waals surface area contributed by atoms with Crippen LogP contribution in [-0.4, -0.2) is 12.6 Å². The van der Waals surface area contributed by atoms with Crippen LogP contribution in [0.3, 0.4) is 0 Å². The molecular weight excluding hydrogens is 131 g/mol. The summed E-state index contributed by atoms with van der Waals surface area (Å²) in [6.45, 7) is 4.69. The van der Waals surface area contributed by atoms with Crippen LogP contribution in [0.4, 0.5) is 0 Å². The number of rotatable bonds is 2. The fraction of sp³-hybridized carbons (Fsp3) is 0.400. The maximum atomic E-state index is 10.1. The van der Waals surface area contributed by atoms with Gasteiger partial charge in [-0.15, -0.1) is 0 Å². The van der Waals surface area contributed by atoms with Crippen LogP contribution in [0.2, 0.25) is 0 Å². The quantitative estimate of drug-likeness (QED) is 0.172. The van der Waals surface area contributed by atoms with E-state index in [-0.39, 0.29) is 36.2 Å². The zero-order valence-electron chi connectivity index (χ0n) is 5.64. The maximum absolute atomic E-state index is 10.1. The van der Waals surface area contributed by atoms with E-state index in [4.69, 9.17) is 0 Å².